The Kier molecular flexibility index (Phi) is 6.26. The van der Waals surface area contributed by atoms with E-state index in [9.17, 15) is 9.18 Å². The van der Waals surface area contributed by atoms with E-state index in [1.165, 1.54) is 24.5 Å². The van der Waals surface area contributed by atoms with E-state index in [-0.39, 0.29) is 47.0 Å². The molecule has 1 saturated heterocycles. The average Bonchev–Trinajstić information content (AvgIpc) is 3.13. The highest BCUT2D eigenvalue weighted by molar-refractivity contribution is 8.13. The molecule has 1 fully saturated rings. The van der Waals surface area contributed by atoms with Crippen LogP contribution >= 0.6 is 11.8 Å². The minimum absolute atomic E-state index is 0.00719. The molecule has 4 rings (SSSR count). The summed E-state index contributed by atoms with van der Waals surface area (Å²) in [4.78, 5) is 24.9. The maximum Gasteiger partial charge on any atom is 0.275 e. The fourth-order valence-electron chi connectivity index (χ4n) is 3.54. The molecule has 2 atom stereocenters. The Balaban J connectivity index is 1.56. The van der Waals surface area contributed by atoms with Gasteiger partial charge in [-0.25, -0.2) is 23.7 Å². The van der Waals surface area contributed by atoms with E-state index >= 15 is 4.39 Å². The molecule has 0 spiro atoms. The van der Waals surface area contributed by atoms with Crippen molar-refractivity contribution >= 4 is 28.5 Å². The van der Waals surface area contributed by atoms with E-state index < -0.39 is 22.9 Å². The first-order valence-electron chi connectivity index (χ1n) is 9.67. The third kappa shape index (κ3) is 4.12. The molecule has 0 saturated carbocycles. The SMILES string of the molecule is COCCOc1cnc(C(=O)Nc2ccc(F)c([C@]34COC[C@@]3(F)CSC(N)=N4)c2)cn1. The molecule has 2 aliphatic rings. The number of fused-ring (bicyclic) bond motifs is 1. The van der Waals surface area contributed by atoms with E-state index in [1.54, 1.807) is 7.11 Å². The molecule has 0 bridgehead atoms. The first-order valence-corrected chi connectivity index (χ1v) is 10.7. The molecule has 32 heavy (non-hydrogen) atoms. The van der Waals surface area contributed by atoms with Crippen LogP contribution in [0.4, 0.5) is 14.5 Å². The molecule has 0 aliphatic carbocycles. The Labute approximate surface area is 186 Å². The fourth-order valence-corrected chi connectivity index (χ4v) is 4.46. The second kappa shape index (κ2) is 8.96. The third-order valence-electron chi connectivity index (χ3n) is 5.20. The number of benzene rings is 1. The van der Waals surface area contributed by atoms with Gasteiger partial charge in [0.15, 0.2) is 16.4 Å². The van der Waals surface area contributed by atoms with Crippen molar-refractivity contribution in [1.82, 2.24) is 9.97 Å². The number of thioether (sulfide) groups is 1. The summed E-state index contributed by atoms with van der Waals surface area (Å²) >= 11 is 1.06. The van der Waals surface area contributed by atoms with E-state index in [1.807, 2.05) is 0 Å². The Hall–Kier alpha value is -2.83. The number of nitrogens with one attached hydrogen (secondary N) is 1. The molecule has 170 valence electrons. The van der Waals surface area contributed by atoms with Crippen LogP contribution in [0.15, 0.2) is 35.6 Å². The summed E-state index contributed by atoms with van der Waals surface area (Å²) in [6.45, 7) is 0.302. The lowest BCUT2D eigenvalue weighted by Gasteiger charge is -2.38. The number of carbonyl (C=O) groups excluding carboxylic acids is 1. The van der Waals surface area contributed by atoms with Crippen molar-refractivity contribution in [3.8, 4) is 5.88 Å². The number of nitrogens with two attached hydrogens (primary N) is 1. The number of aliphatic imine (C=N–C) groups is 1. The Morgan fingerprint density at radius 1 is 1.31 bits per heavy atom. The Bertz CT molecular complexity index is 1040. The number of halogens is 2. The summed E-state index contributed by atoms with van der Waals surface area (Å²) in [5.74, 6) is -1.01. The maximum atomic E-state index is 15.7. The first kappa shape index (κ1) is 22.4. The van der Waals surface area contributed by atoms with Gasteiger partial charge in [-0.1, -0.05) is 11.8 Å². The number of amides is 1. The highest BCUT2D eigenvalue weighted by Crippen LogP contribution is 2.50. The van der Waals surface area contributed by atoms with Gasteiger partial charge in [0.05, 0.1) is 32.2 Å². The molecule has 2 aliphatic heterocycles. The number of methoxy groups -OCH3 is 1. The molecule has 2 aromatic rings. The standard InChI is InChI=1S/C20H21F2N5O4S/c1-29-4-5-31-16-8-24-15(7-25-16)17(28)26-12-2-3-14(21)13(6-12)20-10-30-9-19(20,22)11-32-18(23)27-20/h2-3,6-8H,4-5,9-11H2,1H3,(H2,23,27)(H,26,28)/t19-,20-/m1/s1. The predicted octanol–water partition coefficient (Wildman–Crippen LogP) is 1.89. The van der Waals surface area contributed by atoms with Crippen molar-refractivity contribution in [2.24, 2.45) is 10.7 Å². The Morgan fingerprint density at radius 2 is 2.16 bits per heavy atom. The summed E-state index contributed by atoms with van der Waals surface area (Å²) in [7, 11) is 1.55. The third-order valence-corrected chi connectivity index (χ3v) is 6.19. The Morgan fingerprint density at radius 3 is 2.91 bits per heavy atom. The molecule has 1 aromatic heterocycles. The van der Waals surface area contributed by atoms with Gasteiger partial charge >= 0.3 is 0 Å². The van der Waals surface area contributed by atoms with Gasteiger partial charge in [0, 0.05) is 24.1 Å². The zero-order chi connectivity index (χ0) is 22.8. The number of rotatable bonds is 7. The smallest absolute Gasteiger partial charge is 0.275 e. The normalized spacial score (nSPS) is 24.5. The van der Waals surface area contributed by atoms with Crippen molar-refractivity contribution in [2.45, 2.75) is 11.2 Å². The predicted molar refractivity (Wildman–Crippen MR) is 114 cm³/mol. The number of ether oxygens (including phenoxy) is 3. The van der Waals surface area contributed by atoms with Crippen LogP contribution in [0.1, 0.15) is 16.1 Å². The van der Waals surface area contributed by atoms with Gasteiger partial charge in [-0.15, -0.1) is 0 Å². The topological polar surface area (TPSA) is 121 Å². The van der Waals surface area contributed by atoms with E-state index in [0.717, 1.165) is 17.8 Å². The van der Waals surface area contributed by atoms with Crippen molar-refractivity contribution in [3.05, 3.63) is 47.7 Å². The number of carbonyl (C=O) groups is 1. The minimum Gasteiger partial charge on any atom is -0.474 e. The monoisotopic (exact) mass is 465 g/mol. The molecule has 1 amide bonds. The van der Waals surface area contributed by atoms with Gasteiger partial charge in [-0.3, -0.25) is 4.79 Å². The number of anilines is 1. The second-order valence-electron chi connectivity index (χ2n) is 7.29. The number of hydrogen-bond acceptors (Lipinski definition) is 9. The molecule has 9 nitrogen and oxygen atoms in total. The zero-order valence-corrected chi connectivity index (χ0v) is 18.0. The number of nitrogens with zero attached hydrogens (tertiary/aromatic N) is 3. The molecule has 3 N–H and O–H groups in total. The van der Waals surface area contributed by atoms with Crippen LogP contribution in [-0.4, -0.2) is 66.0 Å². The lowest BCUT2D eigenvalue weighted by molar-refractivity contribution is 0.102. The molecule has 0 unspecified atom stereocenters. The fraction of sp³-hybridized carbons (Fsp3) is 0.400. The number of aromatic nitrogens is 2. The van der Waals surface area contributed by atoms with Gasteiger partial charge in [-0.05, 0) is 18.2 Å². The molecule has 1 aromatic carbocycles. The van der Waals surface area contributed by atoms with Crippen LogP contribution in [0, 0.1) is 5.82 Å². The highest BCUT2D eigenvalue weighted by atomic mass is 32.2. The summed E-state index contributed by atoms with van der Waals surface area (Å²) < 4.78 is 46.0. The van der Waals surface area contributed by atoms with E-state index in [2.05, 4.69) is 20.3 Å². The molecular formula is C20H21F2N5O4S. The van der Waals surface area contributed by atoms with Crippen molar-refractivity contribution < 1.29 is 27.8 Å². The van der Waals surface area contributed by atoms with Gasteiger partial charge in [-0.2, -0.15) is 0 Å². The quantitative estimate of drug-likeness (QED) is 0.595. The van der Waals surface area contributed by atoms with Gasteiger partial charge in [0.2, 0.25) is 5.88 Å². The van der Waals surface area contributed by atoms with Gasteiger partial charge in [0.25, 0.3) is 5.91 Å². The summed E-state index contributed by atoms with van der Waals surface area (Å²) in [5.41, 5.74) is 2.52. The average molecular weight is 465 g/mol. The summed E-state index contributed by atoms with van der Waals surface area (Å²) in [6.07, 6.45) is 2.56. The second-order valence-corrected chi connectivity index (χ2v) is 8.28. The van der Waals surface area contributed by atoms with E-state index in [0.29, 0.717) is 13.2 Å². The zero-order valence-electron chi connectivity index (χ0n) is 17.1. The molecular weight excluding hydrogens is 444 g/mol. The van der Waals surface area contributed by atoms with Crippen molar-refractivity contribution in [1.29, 1.82) is 0 Å². The van der Waals surface area contributed by atoms with Crippen molar-refractivity contribution in [2.75, 3.05) is 44.6 Å². The van der Waals surface area contributed by atoms with Crippen LogP contribution in [0.3, 0.4) is 0 Å². The number of hydrogen-bond donors (Lipinski definition) is 2. The lowest BCUT2D eigenvalue weighted by Crippen LogP contribution is -2.52. The van der Waals surface area contributed by atoms with Crippen LogP contribution in [0.2, 0.25) is 0 Å². The van der Waals surface area contributed by atoms with Gasteiger partial charge in [0.1, 0.15) is 18.1 Å². The minimum atomic E-state index is -1.92. The molecule has 3 heterocycles. The molecule has 0 radical (unpaired) electrons. The van der Waals surface area contributed by atoms with Crippen molar-refractivity contribution in [3.63, 3.8) is 0 Å². The lowest BCUT2D eigenvalue weighted by atomic mass is 9.79. The van der Waals surface area contributed by atoms with E-state index in [4.69, 9.17) is 19.9 Å². The summed E-state index contributed by atoms with van der Waals surface area (Å²) in [6, 6.07) is 3.85. The van der Waals surface area contributed by atoms with Crippen LogP contribution in [-0.2, 0) is 15.0 Å². The number of amidine groups is 1. The van der Waals surface area contributed by atoms with Gasteiger partial charge < -0.3 is 25.3 Å². The van der Waals surface area contributed by atoms with Crippen LogP contribution < -0.4 is 15.8 Å². The first-order chi connectivity index (χ1) is 15.4. The summed E-state index contributed by atoms with van der Waals surface area (Å²) in [5, 5.41) is 2.77. The van der Waals surface area contributed by atoms with Crippen LogP contribution in [0.25, 0.3) is 0 Å². The largest absolute Gasteiger partial charge is 0.474 e. The highest BCUT2D eigenvalue weighted by Gasteiger charge is 2.61. The maximum absolute atomic E-state index is 15.7. The number of alkyl halides is 1. The van der Waals surface area contributed by atoms with Crippen LogP contribution in [0.5, 0.6) is 5.88 Å². The molecule has 12 heteroatoms.